The maximum atomic E-state index is 9.33. The van der Waals surface area contributed by atoms with Gasteiger partial charge in [-0.1, -0.05) is 0 Å². The Morgan fingerprint density at radius 3 is 3.00 bits per heavy atom. The summed E-state index contributed by atoms with van der Waals surface area (Å²) in [5, 5.41) is 25.9. The molecule has 1 heterocycles. The van der Waals surface area contributed by atoms with Gasteiger partial charge in [-0.25, -0.2) is 0 Å². The molecule has 0 saturated carbocycles. The zero-order valence-corrected chi connectivity index (χ0v) is 11.7. The topological polar surface area (TPSA) is 86.1 Å². The van der Waals surface area contributed by atoms with Crippen LogP contribution < -0.4 is 10.7 Å². The molecule has 108 valence electrons. The number of nitrogens with zero attached hydrogens (tertiary/aromatic N) is 1. The van der Waals surface area contributed by atoms with Gasteiger partial charge < -0.3 is 20.3 Å². The second kappa shape index (κ2) is 7.06. The second-order valence-corrected chi connectivity index (χ2v) is 4.87. The molecular formula is C13H17N3O3S. The first kappa shape index (κ1) is 14.5. The van der Waals surface area contributed by atoms with Crippen LogP contribution in [0.15, 0.2) is 23.3 Å². The molecule has 1 aliphatic rings. The molecule has 1 aromatic rings. The van der Waals surface area contributed by atoms with Gasteiger partial charge in [0.2, 0.25) is 0 Å². The van der Waals surface area contributed by atoms with Crippen molar-refractivity contribution in [1.29, 1.82) is 0 Å². The van der Waals surface area contributed by atoms with Crippen molar-refractivity contribution in [3.05, 3.63) is 23.8 Å². The Morgan fingerprint density at radius 1 is 1.45 bits per heavy atom. The van der Waals surface area contributed by atoms with E-state index < -0.39 is 0 Å². The highest BCUT2D eigenvalue weighted by Gasteiger charge is 2.14. The molecule has 0 aromatic heterocycles. The Hall–Kier alpha value is -1.86. The van der Waals surface area contributed by atoms with Crippen LogP contribution in [0, 0.1) is 0 Å². The molecule has 0 aliphatic carbocycles. The third-order valence-corrected chi connectivity index (χ3v) is 3.13. The van der Waals surface area contributed by atoms with E-state index in [2.05, 4.69) is 15.8 Å². The van der Waals surface area contributed by atoms with Gasteiger partial charge in [0.1, 0.15) is 0 Å². The number of hydrogen-bond donors (Lipinski definition) is 4. The van der Waals surface area contributed by atoms with Crippen LogP contribution >= 0.6 is 12.2 Å². The van der Waals surface area contributed by atoms with Crippen LogP contribution in [0.4, 0.5) is 0 Å². The fourth-order valence-corrected chi connectivity index (χ4v) is 1.97. The Morgan fingerprint density at radius 2 is 2.30 bits per heavy atom. The number of nitrogens with one attached hydrogen (secondary N) is 2. The fourth-order valence-electron chi connectivity index (χ4n) is 1.84. The number of benzene rings is 1. The van der Waals surface area contributed by atoms with Crippen molar-refractivity contribution in [3.8, 4) is 11.5 Å². The number of phenols is 2. The van der Waals surface area contributed by atoms with Crippen molar-refractivity contribution < 1.29 is 14.9 Å². The predicted octanol–water partition coefficient (Wildman–Crippen LogP) is 1.07. The predicted molar refractivity (Wildman–Crippen MR) is 80.1 cm³/mol. The molecule has 2 rings (SSSR count). The number of thiocarbonyl (C=S) groups is 1. The summed E-state index contributed by atoms with van der Waals surface area (Å²) in [6.45, 7) is 1.48. The van der Waals surface area contributed by atoms with Gasteiger partial charge in [-0.05, 0) is 48.8 Å². The van der Waals surface area contributed by atoms with Crippen LogP contribution in [-0.2, 0) is 4.74 Å². The maximum Gasteiger partial charge on any atom is 0.187 e. The van der Waals surface area contributed by atoms with Gasteiger partial charge >= 0.3 is 0 Å². The first-order chi connectivity index (χ1) is 9.65. The van der Waals surface area contributed by atoms with E-state index in [-0.39, 0.29) is 17.6 Å². The van der Waals surface area contributed by atoms with Crippen LogP contribution in [0.3, 0.4) is 0 Å². The van der Waals surface area contributed by atoms with Crippen LogP contribution in [0.2, 0.25) is 0 Å². The lowest BCUT2D eigenvalue weighted by Gasteiger charge is -2.11. The van der Waals surface area contributed by atoms with E-state index in [1.165, 1.54) is 18.3 Å². The zero-order valence-electron chi connectivity index (χ0n) is 10.9. The van der Waals surface area contributed by atoms with Crippen LogP contribution in [0.1, 0.15) is 18.4 Å². The highest BCUT2D eigenvalue weighted by atomic mass is 32.1. The third-order valence-electron chi connectivity index (χ3n) is 2.89. The summed E-state index contributed by atoms with van der Waals surface area (Å²) in [7, 11) is 0. The summed E-state index contributed by atoms with van der Waals surface area (Å²) in [5.74, 6) is -0.350. The lowest BCUT2D eigenvalue weighted by molar-refractivity contribution is 0.114. The number of rotatable bonds is 4. The lowest BCUT2D eigenvalue weighted by Crippen LogP contribution is -2.37. The summed E-state index contributed by atoms with van der Waals surface area (Å²) >= 11 is 5.07. The zero-order chi connectivity index (χ0) is 14.4. The molecule has 6 nitrogen and oxygen atoms in total. The highest BCUT2D eigenvalue weighted by Crippen LogP contribution is 2.23. The number of hydrazone groups is 1. The van der Waals surface area contributed by atoms with Gasteiger partial charge in [-0.2, -0.15) is 5.10 Å². The Balaban J connectivity index is 1.74. The summed E-state index contributed by atoms with van der Waals surface area (Å²) < 4.78 is 5.46. The monoisotopic (exact) mass is 295 g/mol. The quantitative estimate of drug-likeness (QED) is 0.288. The first-order valence-electron chi connectivity index (χ1n) is 6.35. The van der Waals surface area contributed by atoms with Gasteiger partial charge in [-0.15, -0.1) is 0 Å². The Kier molecular flexibility index (Phi) is 5.14. The average molecular weight is 295 g/mol. The number of ether oxygens (including phenoxy) is 1. The van der Waals surface area contributed by atoms with Crippen molar-refractivity contribution >= 4 is 23.5 Å². The molecule has 1 saturated heterocycles. The summed E-state index contributed by atoms with van der Waals surface area (Å²) in [4.78, 5) is 0. The van der Waals surface area contributed by atoms with E-state index in [1.807, 2.05) is 0 Å². The van der Waals surface area contributed by atoms with E-state index in [0.29, 0.717) is 17.2 Å². The molecule has 1 aromatic carbocycles. The molecule has 1 fully saturated rings. The highest BCUT2D eigenvalue weighted by molar-refractivity contribution is 7.80. The normalized spacial score (nSPS) is 18.3. The second-order valence-electron chi connectivity index (χ2n) is 4.46. The molecule has 1 unspecified atom stereocenters. The minimum Gasteiger partial charge on any atom is -0.504 e. The van der Waals surface area contributed by atoms with Gasteiger partial charge in [0.15, 0.2) is 16.6 Å². The molecule has 7 heteroatoms. The molecule has 0 radical (unpaired) electrons. The van der Waals surface area contributed by atoms with Crippen molar-refractivity contribution in [1.82, 2.24) is 10.7 Å². The first-order valence-corrected chi connectivity index (χ1v) is 6.76. The van der Waals surface area contributed by atoms with Gasteiger partial charge in [0.05, 0.1) is 12.3 Å². The molecular weight excluding hydrogens is 278 g/mol. The molecule has 20 heavy (non-hydrogen) atoms. The van der Waals surface area contributed by atoms with E-state index in [9.17, 15) is 10.2 Å². The minimum absolute atomic E-state index is 0.163. The molecule has 0 bridgehead atoms. The van der Waals surface area contributed by atoms with Gasteiger partial charge in [-0.3, -0.25) is 5.43 Å². The van der Waals surface area contributed by atoms with Gasteiger partial charge in [0, 0.05) is 13.2 Å². The Labute approximate surface area is 122 Å². The number of phenolic OH excluding ortho intramolecular Hbond substituents is 2. The molecule has 0 spiro atoms. The summed E-state index contributed by atoms with van der Waals surface area (Å²) in [5.41, 5.74) is 3.33. The van der Waals surface area contributed by atoms with E-state index >= 15 is 0 Å². The summed E-state index contributed by atoms with van der Waals surface area (Å²) in [6.07, 6.45) is 3.85. The molecule has 4 N–H and O–H groups in total. The number of hydrogen-bond acceptors (Lipinski definition) is 5. The maximum absolute atomic E-state index is 9.33. The van der Waals surface area contributed by atoms with Gasteiger partial charge in [0.25, 0.3) is 0 Å². The largest absolute Gasteiger partial charge is 0.504 e. The fraction of sp³-hybridized carbons (Fsp3) is 0.385. The molecule has 1 atom stereocenters. The smallest absolute Gasteiger partial charge is 0.187 e. The average Bonchev–Trinajstić information content (AvgIpc) is 2.94. The number of aromatic hydroxyl groups is 2. The SMILES string of the molecule is Oc1ccc(/C=N/NC(=S)NCC2CCCO2)cc1O. The van der Waals surface area contributed by atoms with Crippen LogP contribution in [0.5, 0.6) is 11.5 Å². The van der Waals surface area contributed by atoms with Crippen LogP contribution in [0.25, 0.3) is 0 Å². The van der Waals surface area contributed by atoms with Crippen molar-refractivity contribution in [2.24, 2.45) is 5.10 Å². The van der Waals surface area contributed by atoms with E-state index in [1.54, 1.807) is 6.07 Å². The van der Waals surface area contributed by atoms with Crippen molar-refractivity contribution in [2.45, 2.75) is 18.9 Å². The van der Waals surface area contributed by atoms with Crippen molar-refractivity contribution in [2.75, 3.05) is 13.2 Å². The lowest BCUT2D eigenvalue weighted by atomic mass is 10.2. The molecule has 0 amide bonds. The standard InChI is InChI=1S/C13H17N3O3S/c17-11-4-3-9(6-12(11)18)7-15-16-13(20)14-8-10-2-1-5-19-10/h3-4,6-7,10,17-18H,1-2,5,8H2,(H2,14,16,20)/b15-7+. The van der Waals surface area contributed by atoms with E-state index in [4.69, 9.17) is 17.0 Å². The van der Waals surface area contributed by atoms with E-state index in [0.717, 1.165) is 19.4 Å². The van der Waals surface area contributed by atoms with Crippen molar-refractivity contribution in [3.63, 3.8) is 0 Å². The third kappa shape index (κ3) is 4.36. The molecule has 1 aliphatic heterocycles. The Bertz CT molecular complexity index is 502. The minimum atomic E-state index is -0.187. The summed E-state index contributed by atoms with van der Waals surface area (Å²) in [6, 6.07) is 4.43. The van der Waals surface area contributed by atoms with Crippen LogP contribution in [-0.4, -0.2) is 40.8 Å².